The molecule has 0 spiro atoms. The van der Waals surface area contributed by atoms with Gasteiger partial charge in [-0.15, -0.1) is 0 Å². The van der Waals surface area contributed by atoms with Gasteiger partial charge in [0.15, 0.2) is 5.78 Å². The first-order valence-electron chi connectivity index (χ1n) is 6.27. The maximum Gasteiger partial charge on any atom is 0.163 e. The van der Waals surface area contributed by atoms with Crippen molar-refractivity contribution >= 4 is 5.78 Å². The highest BCUT2D eigenvalue weighted by molar-refractivity contribution is 5.96. The molecule has 2 aromatic rings. The lowest BCUT2D eigenvalue weighted by Gasteiger charge is -2.11. The molecule has 21 heavy (non-hydrogen) atoms. The Balaban J connectivity index is 2.18. The molecule has 0 atom stereocenters. The van der Waals surface area contributed by atoms with Crippen molar-refractivity contribution in [3.05, 3.63) is 59.2 Å². The van der Waals surface area contributed by atoms with Gasteiger partial charge in [0.2, 0.25) is 0 Å². The van der Waals surface area contributed by atoms with Crippen LogP contribution in [0.2, 0.25) is 0 Å². The van der Waals surface area contributed by atoms with E-state index in [1.165, 1.54) is 38.3 Å². The molecular weight excluding hydrogens is 278 g/mol. The number of halogens is 2. The summed E-state index contributed by atoms with van der Waals surface area (Å²) in [7, 11) is 1.45. The molecule has 2 aromatic carbocycles. The van der Waals surface area contributed by atoms with Crippen molar-refractivity contribution in [1.29, 1.82) is 0 Å². The molecule has 0 bridgehead atoms. The maximum absolute atomic E-state index is 13.8. The van der Waals surface area contributed by atoms with Gasteiger partial charge in [-0.1, -0.05) is 0 Å². The number of rotatable bonds is 5. The first kappa shape index (κ1) is 15.0. The monoisotopic (exact) mass is 292 g/mol. The van der Waals surface area contributed by atoms with Crippen LogP contribution in [-0.2, 0) is 6.61 Å². The number of Topliss-reactive ketones (excluding diaryl/α,β-unsaturated/α-hetero) is 1. The zero-order chi connectivity index (χ0) is 15.4. The van der Waals surface area contributed by atoms with Gasteiger partial charge in [0.25, 0.3) is 0 Å². The fraction of sp³-hybridized carbons (Fsp3) is 0.188. The minimum absolute atomic E-state index is 0.0677. The molecule has 0 heterocycles. The van der Waals surface area contributed by atoms with E-state index < -0.39 is 11.6 Å². The number of hydrogen-bond acceptors (Lipinski definition) is 3. The average Bonchev–Trinajstić information content (AvgIpc) is 2.46. The third-order valence-corrected chi connectivity index (χ3v) is 2.96. The fourth-order valence-electron chi connectivity index (χ4n) is 1.83. The zero-order valence-electron chi connectivity index (χ0n) is 11.7. The number of ketones is 1. The standard InChI is InChI=1S/C16H14F2O3/c1-10(19)14-7-12(17)4-6-16(14)21-9-11-3-5-13(20-2)8-15(11)18/h3-8H,9H2,1-2H3. The van der Waals surface area contributed by atoms with E-state index in [1.807, 2.05) is 0 Å². The van der Waals surface area contributed by atoms with Gasteiger partial charge in [0.05, 0.1) is 12.7 Å². The Hall–Kier alpha value is -2.43. The lowest BCUT2D eigenvalue weighted by atomic mass is 10.1. The SMILES string of the molecule is COc1ccc(COc2ccc(F)cc2C(C)=O)c(F)c1. The Morgan fingerprint density at radius 3 is 2.52 bits per heavy atom. The highest BCUT2D eigenvalue weighted by Crippen LogP contribution is 2.23. The van der Waals surface area contributed by atoms with Gasteiger partial charge in [-0.3, -0.25) is 4.79 Å². The van der Waals surface area contributed by atoms with Crippen LogP contribution in [0, 0.1) is 11.6 Å². The summed E-state index contributed by atoms with van der Waals surface area (Å²) in [6, 6.07) is 8.03. The van der Waals surface area contributed by atoms with E-state index in [4.69, 9.17) is 9.47 Å². The van der Waals surface area contributed by atoms with Gasteiger partial charge >= 0.3 is 0 Å². The Bertz CT molecular complexity index is 669. The number of methoxy groups -OCH3 is 1. The second-order valence-corrected chi connectivity index (χ2v) is 4.44. The largest absolute Gasteiger partial charge is 0.497 e. The van der Waals surface area contributed by atoms with E-state index in [0.29, 0.717) is 11.3 Å². The second kappa shape index (κ2) is 6.35. The van der Waals surface area contributed by atoms with Gasteiger partial charge < -0.3 is 9.47 Å². The van der Waals surface area contributed by atoms with Crippen molar-refractivity contribution in [2.45, 2.75) is 13.5 Å². The Kier molecular flexibility index (Phi) is 4.52. The Morgan fingerprint density at radius 1 is 1.14 bits per heavy atom. The van der Waals surface area contributed by atoms with Crippen molar-refractivity contribution < 1.29 is 23.0 Å². The molecule has 2 rings (SSSR count). The molecule has 3 nitrogen and oxygen atoms in total. The summed E-state index contributed by atoms with van der Waals surface area (Å²) in [4.78, 5) is 11.4. The van der Waals surface area contributed by atoms with E-state index in [2.05, 4.69) is 0 Å². The molecule has 0 amide bonds. The van der Waals surface area contributed by atoms with Crippen molar-refractivity contribution in [3.8, 4) is 11.5 Å². The van der Waals surface area contributed by atoms with E-state index in [-0.39, 0.29) is 23.7 Å². The molecule has 0 fully saturated rings. The van der Waals surface area contributed by atoms with Gasteiger partial charge in [0.1, 0.15) is 29.7 Å². The van der Waals surface area contributed by atoms with E-state index in [0.717, 1.165) is 6.07 Å². The molecule has 110 valence electrons. The maximum atomic E-state index is 13.8. The average molecular weight is 292 g/mol. The molecule has 0 radical (unpaired) electrons. The Morgan fingerprint density at radius 2 is 1.90 bits per heavy atom. The van der Waals surface area contributed by atoms with Crippen LogP contribution in [0.5, 0.6) is 11.5 Å². The number of benzene rings is 2. The molecule has 0 aromatic heterocycles. The smallest absolute Gasteiger partial charge is 0.163 e. The van der Waals surface area contributed by atoms with Gasteiger partial charge in [-0.05, 0) is 37.3 Å². The minimum atomic E-state index is -0.525. The number of carbonyl (C=O) groups excluding carboxylic acids is 1. The normalized spacial score (nSPS) is 10.3. The summed E-state index contributed by atoms with van der Waals surface area (Å²) in [5.74, 6) is -0.690. The van der Waals surface area contributed by atoms with Crippen LogP contribution in [-0.4, -0.2) is 12.9 Å². The van der Waals surface area contributed by atoms with E-state index >= 15 is 0 Å². The van der Waals surface area contributed by atoms with Gasteiger partial charge in [-0.25, -0.2) is 8.78 Å². The third kappa shape index (κ3) is 3.56. The fourth-order valence-corrected chi connectivity index (χ4v) is 1.83. The van der Waals surface area contributed by atoms with Crippen molar-refractivity contribution in [2.24, 2.45) is 0 Å². The van der Waals surface area contributed by atoms with Gasteiger partial charge in [-0.2, -0.15) is 0 Å². The van der Waals surface area contributed by atoms with Crippen molar-refractivity contribution in [1.82, 2.24) is 0 Å². The summed E-state index contributed by atoms with van der Waals surface area (Å²) in [5, 5.41) is 0. The predicted molar refractivity (Wildman–Crippen MR) is 73.7 cm³/mol. The van der Waals surface area contributed by atoms with Crippen LogP contribution in [0.3, 0.4) is 0 Å². The molecule has 0 N–H and O–H groups in total. The molecule has 0 unspecified atom stereocenters. The van der Waals surface area contributed by atoms with Crippen LogP contribution in [0.15, 0.2) is 36.4 Å². The summed E-state index contributed by atoms with van der Waals surface area (Å²) in [6.45, 7) is 1.25. The summed E-state index contributed by atoms with van der Waals surface area (Å²) < 4.78 is 37.2. The lowest BCUT2D eigenvalue weighted by Crippen LogP contribution is -2.04. The topological polar surface area (TPSA) is 35.5 Å². The van der Waals surface area contributed by atoms with E-state index in [1.54, 1.807) is 6.07 Å². The van der Waals surface area contributed by atoms with Crippen LogP contribution in [0.25, 0.3) is 0 Å². The highest BCUT2D eigenvalue weighted by Gasteiger charge is 2.11. The molecule has 0 aliphatic carbocycles. The van der Waals surface area contributed by atoms with E-state index in [9.17, 15) is 13.6 Å². The Labute approximate surface area is 121 Å². The number of hydrogen-bond donors (Lipinski definition) is 0. The van der Waals surface area contributed by atoms with Crippen molar-refractivity contribution in [3.63, 3.8) is 0 Å². The molecule has 5 heteroatoms. The van der Waals surface area contributed by atoms with Gasteiger partial charge in [0, 0.05) is 11.6 Å². The summed E-state index contributed by atoms with van der Waals surface area (Å²) in [5.41, 5.74) is 0.443. The predicted octanol–water partition coefficient (Wildman–Crippen LogP) is 3.76. The molecule has 0 saturated carbocycles. The minimum Gasteiger partial charge on any atom is -0.497 e. The van der Waals surface area contributed by atoms with Crippen LogP contribution in [0.1, 0.15) is 22.8 Å². The molecule has 0 aliphatic rings. The van der Waals surface area contributed by atoms with Crippen molar-refractivity contribution in [2.75, 3.05) is 7.11 Å². The first-order valence-corrected chi connectivity index (χ1v) is 6.27. The third-order valence-electron chi connectivity index (χ3n) is 2.96. The van der Waals surface area contributed by atoms with Crippen LogP contribution < -0.4 is 9.47 Å². The highest BCUT2D eigenvalue weighted by atomic mass is 19.1. The molecule has 0 saturated heterocycles. The zero-order valence-corrected chi connectivity index (χ0v) is 11.7. The summed E-state index contributed by atoms with van der Waals surface area (Å²) in [6.07, 6.45) is 0. The van der Waals surface area contributed by atoms with Crippen LogP contribution >= 0.6 is 0 Å². The number of carbonyl (C=O) groups is 1. The second-order valence-electron chi connectivity index (χ2n) is 4.44. The number of ether oxygens (including phenoxy) is 2. The molecule has 0 aliphatic heterocycles. The summed E-state index contributed by atoms with van der Waals surface area (Å²) >= 11 is 0. The van der Waals surface area contributed by atoms with Crippen LogP contribution in [0.4, 0.5) is 8.78 Å². The quantitative estimate of drug-likeness (QED) is 0.787. The lowest BCUT2D eigenvalue weighted by molar-refractivity contribution is 0.101. The molecular formula is C16H14F2O3. The first-order chi connectivity index (χ1) is 10.0.